The van der Waals surface area contributed by atoms with Crippen molar-refractivity contribution < 1.29 is 5.11 Å². The Balaban J connectivity index is 2.25. The predicted octanol–water partition coefficient (Wildman–Crippen LogP) is 3.70. The average molecular weight is 222 g/mol. The normalized spacial score (nSPS) is 25.3. The molecule has 0 aliphatic heterocycles. The Morgan fingerprint density at radius 3 is 2.40 bits per heavy atom. The molecule has 2 heteroatoms. The Morgan fingerprint density at radius 2 is 1.80 bits per heavy atom. The van der Waals surface area contributed by atoms with Crippen LogP contribution in [0.1, 0.15) is 49.7 Å². The van der Waals surface area contributed by atoms with Crippen molar-refractivity contribution in [2.24, 2.45) is 0 Å². The summed E-state index contributed by atoms with van der Waals surface area (Å²) in [4.78, 5) is 0. The quantitative estimate of drug-likeness (QED) is 0.782. The van der Waals surface area contributed by atoms with E-state index in [4.69, 9.17) is 0 Å². The molecule has 0 saturated heterocycles. The summed E-state index contributed by atoms with van der Waals surface area (Å²) in [6.07, 6.45) is 0.599. The lowest BCUT2D eigenvalue weighted by Crippen LogP contribution is -2.10. The molecule has 1 nitrogen and oxygen atoms in total. The van der Waals surface area contributed by atoms with Gasteiger partial charge in [-0.25, -0.2) is 0 Å². The first kappa shape index (κ1) is 11.0. The molecular weight excluding hydrogens is 204 g/mol. The minimum Gasteiger partial charge on any atom is -0.388 e. The molecule has 0 spiro atoms. The molecule has 0 fully saturated rings. The van der Waals surface area contributed by atoms with Crippen LogP contribution >= 0.6 is 11.8 Å². The molecule has 0 heterocycles. The van der Waals surface area contributed by atoms with E-state index >= 15 is 0 Å². The molecule has 0 amide bonds. The van der Waals surface area contributed by atoms with E-state index in [9.17, 15) is 5.11 Å². The largest absolute Gasteiger partial charge is 0.388 e. The molecule has 1 aromatic rings. The summed E-state index contributed by atoms with van der Waals surface area (Å²) in [5.41, 5.74) is 2.45. The van der Waals surface area contributed by atoms with Crippen LogP contribution < -0.4 is 0 Å². The summed E-state index contributed by atoms with van der Waals surface area (Å²) >= 11 is 1.95. The van der Waals surface area contributed by atoms with E-state index in [1.165, 1.54) is 5.56 Å². The molecule has 1 aliphatic rings. The first-order chi connectivity index (χ1) is 6.97. The molecule has 0 bridgehead atoms. The molecule has 0 radical (unpaired) electrons. The van der Waals surface area contributed by atoms with E-state index in [-0.39, 0.29) is 10.9 Å². The molecule has 1 N–H and O–H groups in total. The molecule has 1 aliphatic carbocycles. The van der Waals surface area contributed by atoms with Gasteiger partial charge in [-0.05, 0) is 17.5 Å². The van der Waals surface area contributed by atoms with Crippen molar-refractivity contribution in [3.05, 3.63) is 35.4 Å². The Labute approximate surface area is 95.9 Å². The second kappa shape index (κ2) is 3.84. The Kier molecular flexibility index (Phi) is 2.82. The standard InChI is InChI=1S/C13H18OS/c1-13(2,3)15-12-8-11(14)9-6-4-5-7-10(9)12/h4-7,11-12,14H,8H2,1-3H3/t11-,12+/m0/s1. The molecule has 82 valence electrons. The molecule has 0 saturated carbocycles. The topological polar surface area (TPSA) is 20.2 Å². The molecule has 2 atom stereocenters. The Morgan fingerprint density at radius 1 is 1.20 bits per heavy atom. The van der Waals surface area contributed by atoms with Crippen molar-refractivity contribution in [3.63, 3.8) is 0 Å². The van der Waals surface area contributed by atoms with Crippen molar-refractivity contribution in [2.45, 2.75) is 43.3 Å². The fourth-order valence-corrected chi connectivity index (χ4v) is 3.58. The maximum Gasteiger partial charge on any atom is 0.0806 e. The number of benzene rings is 1. The van der Waals surface area contributed by atoms with Crippen LogP contribution in [-0.2, 0) is 0 Å². The van der Waals surface area contributed by atoms with Crippen LogP contribution in [-0.4, -0.2) is 9.85 Å². The van der Waals surface area contributed by atoms with Crippen LogP contribution in [0.15, 0.2) is 24.3 Å². The fraction of sp³-hybridized carbons (Fsp3) is 0.538. The summed E-state index contributed by atoms with van der Waals surface area (Å²) in [6, 6.07) is 8.26. The van der Waals surface area contributed by atoms with Gasteiger partial charge in [-0.3, -0.25) is 0 Å². The highest BCUT2D eigenvalue weighted by atomic mass is 32.2. The summed E-state index contributed by atoms with van der Waals surface area (Å²) in [6.45, 7) is 6.68. The van der Waals surface area contributed by atoms with Crippen LogP contribution in [0, 0.1) is 0 Å². The van der Waals surface area contributed by atoms with Gasteiger partial charge in [-0.15, -0.1) is 11.8 Å². The highest BCUT2D eigenvalue weighted by Crippen LogP contribution is 2.50. The first-order valence-corrected chi connectivity index (χ1v) is 6.30. The van der Waals surface area contributed by atoms with Gasteiger partial charge in [0.15, 0.2) is 0 Å². The van der Waals surface area contributed by atoms with Crippen molar-refractivity contribution in [1.29, 1.82) is 0 Å². The zero-order valence-corrected chi connectivity index (χ0v) is 10.3. The zero-order valence-electron chi connectivity index (χ0n) is 9.53. The third-order valence-corrected chi connectivity index (χ3v) is 4.07. The van der Waals surface area contributed by atoms with Gasteiger partial charge in [0.25, 0.3) is 0 Å². The smallest absolute Gasteiger partial charge is 0.0806 e. The van der Waals surface area contributed by atoms with E-state index in [1.807, 2.05) is 23.9 Å². The van der Waals surface area contributed by atoms with Crippen molar-refractivity contribution in [1.82, 2.24) is 0 Å². The molecule has 0 aromatic heterocycles. The van der Waals surface area contributed by atoms with Crippen LogP contribution in [0.4, 0.5) is 0 Å². The SMILES string of the molecule is CC(C)(C)S[C@@H]1C[C@H](O)c2ccccc21. The molecule has 2 rings (SSSR count). The van der Waals surface area contributed by atoms with Gasteiger partial charge in [0.2, 0.25) is 0 Å². The second-order valence-electron chi connectivity index (χ2n) is 5.10. The zero-order chi connectivity index (χ0) is 11.1. The molecular formula is C13H18OS. The first-order valence-electron chi connectivity index (χ1n) is 5.42. The van der Waals surface area contributed by atoms with E-state index in [0.717, 1.165) is 12.0 Å². The number of hydrogen-bond donors (Lipinski definition) is 1. The van der Waals surface area contributed by atoms with Gasteiger partial charge < -0.3 is 5.11 Å². The molecule has 1 aromatic carbocycles. The third kappa shape index (κ3) is 2.37. The molecule has 15 heavy (non-hydrogen) atoms. The minimum absolute atomic E-state index is 0.252. The monoisotopic (exact) mass is 222 g/mol. The number of aliphatic hydroxyl groups is 1. The highest BCUT2D eigenvalue weighted by Gasteiger charge is 2.32. The summed E-state index contributed by atoms with van der Waals surface area (Å²) < 4.78 is 0.252. The van der Waals surface area contributed by atoms with Crippen molar-refractivity contribution >= 4 is 11.8 Å². The second-order valence-corrected chi connectivity index (χ2v) is 7.13. The average Bonchev–Trinajstić information content (AvgIpc) is 2.42. The van der Waals surface area contributed by atoms with Gasteiger partial charge >= 0.3 is 0 Å². The van der Waals surface area contributed by atoms with Gasteiger partial charge in [0.1, 0.15) is 0 Å². The maximum absolute atomic E-state index is 9.94. The fourth-order valence-electron chi connectivity index (χ4n) is 2.10. The van der Waals surface area contributed by atoms with Crippen LogP contribution in [0.5, 0.6) is 0 Å². The van der Waals surface area contributed by atoms with E-state index in [0.29, 0.717) is 5.25 Å². The van der Waals surface area contributed by atoms with E-state index < -0.39 is 0 Å². The maximum atomic E-state index is 9.94. The Bertz CT molecular complexity index is 354. The van der Waals surface area contributed by atoms with Gasteiger partial charge in [-0.2, -0.15) is 0 Å². The van der Waals surface area contributed by atoms with Crippen molar-refractivity contribution in [3.8, 4) is 0 Å². The lowest BCUT2D eigenvalue weighted by Gasteiger charge is -2.23. The molecule has 0 unspecified atom stereocenters. The van der Waals surface area contributed by atoms with E-state index in [1.54, 1.807) is 0 Å². The third-order valence-electron chi connectivity index (χ3n) is 2.64. The van der Waals surface area contributed by atoms with Gasteiger partial charge in [-0.1, -0.05) is 45.0 Å². The number of thioether (sulfide) groups is 1. The lowest BCUT2D eigenvalue weighted by atomic mass is 10.1. The van der Waals surface area contributed by atoms with Crippen LogP contribution in [0.2, 0.25) is 0 Å². The van der Waals surface area contributed by atoms with Crippen LogP contribution in [0.3, 0.4) is 0 Å². The lowest BCUT2D eigenvalue weighted by molar-refractivity contribution is 0.179. The minimum atomic E-state index is -0.263. The summed E-state index contributed by atoms with van der Waals surface area (Å²) in [7, 11) is 0. The van der Waals surface area contributed by atoms with Gasteiger partial charge in [0, 0.05) is 10.00 Å². The highest BCUT2D eigenvalue weighted by molar-refractivity contribution is 8.00. The predicted molar refractivity (Wildman–Crippen MR) is 66.1 cm³/mol. The number of fused-ring (bicyclic) bond motifs is 1. The summed E-state index contributed by atoms with van der Waals surface area (Å²) in [5, 5.41) is 10.4. The van der Waals surface area contributed by atoms with Gasteiger partial charge in [0.05, 0.1) is 6.10 Å². The Hall–Kier alpha value is -0.470. The number of hydrogen-bond acceptors (Lipinski definition) is 2. The van der Waals surface area contributed by atoms with Crippen LogP contribution in [0.25, 0.3) is 0 Å². The van der Waals surface area contributed by atoms with E-state index in [2.05, 4.69) is 32.9 Å². The van der Waals surface area contributed by atoms with Crippen molar-refractivity contribution in [2.75, 3.05) is 0 Å². The number of rotatable bonds is 1. The summed E-state index contributed by atoms with van der Waals surface area (Å²) in [5.74, 6) is 0. The number of aliphatic hydroxyl groups excluding tert-OH is 1.